The molecule has 0 heterocycles. The number of para-hydroxylation sites is 1. The van der Waals surface area contributed by atoms with Crippen LogP contribution in [0.15, 0.2) is 29.2 Å². The van der Waals surface area contributed by atoms with Crippen LogP contribution in [-0.4, -0.2) is 18.2 Å². The van der Waals surface area contributed by atoms with Crippen LogP contribution in [-0.2, 0) is 4.79 Å². The number of thioether (sulfide) groups is 1. The summed E-state index contributed by atoms with van der Waals surface area (Å²) >= 11 is 1.73. The molecular weight excluding hydrogens is 220 g/mol. The molecule has 0 aromatic heterocycles. The maximum atomic E-state index is 11.6. The van der Waals surface area contributed by atoms with Gasteiger partial charge in [-0.15, -0.1) is 11.8 Å². The van der Waals surface area contributed by atoms with Crippen LogP contribution in [0.5, 0.6) is 0 Å². The fraction of sp³-hybridized carbons (Fsp3) is 0.417. The van der Waals surface area contributed by atoms with Crippen LogP contribution in [0.1, 0.15) is 19.8 Å². The van der Waals surface area contributed by atoms with E-state index < -0.39 is 0 Å². The number of nitrogens with two attached hydrogens (primary N) is 1. The fourth-order valence-corrected chi connectivity index (χ4v) is 2.09. The summed E-state index contributed by atoms with van der Waals surface area (Å²) in [5.41, 5.74) is 6.26. The van der Waals surface area contributed by atoms with Crippen LogP contribution in [0.4, 0.5) is 5.69 Å². The van der Waals surface area contributed by atoms with E-state index in [4.69, 9.17) is 5.73 Å². The highest BCUT2D eigenvalue weighted by Gasteiger charge is 2.05. The maximum absolute atomic E-state index is 11.6. The van der Waals surface area contributed by atoms with Crippen molar-refractivity contribution in [3.8, 4) is 0 Å². The topological polar surface area (TPSA) is 55.1 Å². The third-order valence-corrected chi connectivity index (χ3v) is 3.02. The van der Waals surface area contributed by atoms with Crippen LogP contribution in [0, 0.1) is 0 Å². The van der Waals surface area contributed by atoms with Crippen molar-refractivity contribution in [3.05, 3.63) is 24.3 Å². The summed E-state index contributed by atoms with van der Waals surface area (Å²) in [6.45, 7) is 2.65. The molecule has 0 aliphatic rings. The number of benzene rings is 1. The Bertz CT molecular complexity index is 342. The van der Waals surface area contributed by atoms with Crippen molar-refractivity contribution in [3.63, 3.8) is 0 Å². The predicted octanol–water partition coefficient (Wildman–Crippen LogP) is 2.48. The van der Waals surface area contributed by atoms with E-state index in [0.29, 0.717) is 13.0 Å². The summed E-state index contributed by atoms with van der Waals surface area (Å²) in [6, 6.07) is 7.86. The Balaban J connectivity index is 2.61. The van der Waals surface area contributed by atoms with Gasteiger partial charge in [0.2, 0.25) is 5.91 Å². The largest absolute Gasteiger partial charge is 0.330 e. The lowest BCUT2D eigenvalue weighted by Crippen LogP contribution is -2.13. The van der Waals surface area contributed by atoms with E-state index in [9.17, 15) is 4.79 Å². The highest BCUT2D eigenvalue weighted by atomic mass is 32.2. The van der Waals surface area contributed by atoms with E-state index in [1.165, 1.54) is 0 Å². The van der Waals surface area contributed by atoms with Crippen molar-refractivity contribution in [1.29, 1.82) is 0 Å². The number of hydrogen-bond acceptors (Lipinski definition) is 3. The van der Waals surface area contributed by atoms with Gasteiger partial charge in [0.05, 0.1) is 5.69 Å². The molecule has 1 aromatic carbocycles. The quantitative estimate of drug-likeness (QED) is 0.749. The first kappa shape index (κ1) is 13.1. The first-order chi connectivity index (χ1) is 7.77. The SMILES string of the molecule is CCSc1ccccc1NC(=O)CCCN. The minimum atomic E-state index is 0.0367. The average molecular weight is 238 g/mol. The van der Waals surface area contributed by atoms with E-state index in [1.54, 1.807) is 11.8 Å². The summed E-state index contributed by atoms with van der Waals surface area (Å²) in [6.07, 6.45) is 1.22. The molecule has 3 N–H and O–H groups in total. The summed E-state index contributed by atoms with van der Waals surface area (Å²) in [5, 5.41) is 2.91. The first-order valence-electron chi connectivity index (χ1n) is 5.49. The van der Waals surface area contributed by atoms with E-state index >= 15 is 0 Å². The zero-order valence-corrected chi connectivity index (χ0v) is 10.3. The van der Waals surface area contributed by atoms with Crippen LogP contribution < -0.4 is 11.1 Å². The molecule has 0 aliphatic carbocycles. The first-order valence-corrected chi connectivity index (χ1v) is 6.48. The van der Waals surface area contributed by atoms with Gasteiger partial charge in [0.25, 0.3) is 0 Å². The third-order valence-electron chi connectivity index (χ3n) is 2.07. The lowest BCUT2D eigenvalue weighted by Gasteiger charge is -2.09. The van der Waals surface area contributed by atoms with Gasteiger partial charge in [-0.25, -0.2) is 0 Å². The zero-order valence-electron chi connectivity index (χ0n) is 9.53. The molecule has 0 bridgehead atoms. The standard InChI is InChI=1S/C12H18N2OS/c1-2-16-11-7-4-3-6-10(11)14-12(15)8-5-9-13/h3-4,6-7H,2,5,8-9,13H2,1H3,(H,14,15). The average Bonchev–Trinajstić information content (AvgIpc) is 2.29. The predicted molar refractivity (Wildman–Crippen MR) is 69.8 cm³/mol. The summed E-state index contributed by atoms with van der Waals surface area (Å²) in [7, 11) is 0. The fourth-order valence-electron chi connectivity index (χ4n) is 1.33. The minimum Gasteiger partial charge on any atom is -0.330 e. The number of rotatable bonds is 6. The van der Waals surface area contributed by atoms with Crippen molar-refractivity contribution >= 4 is 23.4 Å². The van der Waals surface area contributed by atoms with Gasteiger partial charge in [-0.1, -0.05) is 19.1 Å². The molecule has 1 amide bonds. The molecule has 1 aromatic rings. The van der Waals surface area contributed by atoms with E-state index in [-0.39, 0.29) is 5.91 Å². The molecule has 0 saturated heterocycles. The second-order valence-electron chi connectivity index (χ2n) is 3.37. The highest BCUT2D eigenvalue weighted by Crippen LogP contribution is 2.26. The normalized spacial score (nSPS) is 10.1. The van der Waals surface area contributed by atoms with E-state index in [1.807, 2.05) is 24.3 Å². The number of hydrogen-bond donors (Lipinski definition) is 2. The molecule has 0 atom stereocenters. The number of anilines is 1. The minimum absolute atomic E-state index is 0.0367. The lowest BCUT2D eigenvalue weighted by molar-refractivity contribution is -0.116. The molecular formula is C12H18N2OS. The highest BCUT2D eigenvalue weighted by molar-refractivity contribution is 7.99. The summed E-state index contributed by atoms with van der Waals surface area (Å²) < 4.78 is 0. The Kier molecular flexibility index (Phi) is 5.96. The van der Waals surface area contributed by atoms with Gasteiger partial charge in [0.15, 0.2) is 0 Å². The van der Waals surface area contributed by atoms with Crippen molar-refractivity contribution in [2.45, 2.75) is 24.7 Å². The lowest BCUT2D eigenvalue weighted by atomic mass is 10.2. The van der Waals surface area contributed by atoms with Crippen LogP contribution in [0.25, 0.3) is 0 Å². The second kappa shape index (κ2) is 7.30. The molecule has 0 spiro atoms. The third kappa shape index (κ3) is 4.24. The molecule has 1 rings (SSSR count). The summed E-state index contributed by atoms with van der Waals surface area (Å²) in [4.78, 5) is 12.7. The maximum Gasteiger partial charge on any atom is 0.224 e. The Hall–Kier alpha value is -1.00. The van der Waals surface area contributed by atoms with Gasteiger partial charge in [0, 0.05) is 11.3 Å². The molecule has 0 unspecified atom stereocenters. The molecule has 16 heavy (non-hydrogen) atoms. The van der Waals surface area contributed by atoms with Crippen molar-refractivity contribution in [2.75, 3.05) is 17.6 Å². The number of carbonyl (C=O) groups excluding carboxylic acids is 1. The molecule has 88 valence electrons. The van der Waals surface area contributed by atoms with Gasteiger partial charge in [0.1, 0.15) is 0 Å². The molecule has 0 fully saturated rings. The Labute approximate surface area is 101 Å². The number of nitrogens with one attached hydrogen (secondary N) is 1. The molecule has 0 saturated carbocycles. The van der Waals surface area contributed by atoms with Gasteiger partial charge in [-0.2, -0.15) is 0 Å². The number of carbonyl (C=O) groups is 1. The Morgan fingerprint density at radius 2 is 2.19 bits per heavy atom. The smallest absolute Gasteiger partial charge is 0.224 e. The van der Waals surface area contributed by atoms with Crippen molar-refractivity contribution < 1.29 is 4.79 Å². The Morgan fingerprint density at radius 1 is 1.44 bits per heavy atom. The van der Waals surface area contributed by atoms with Crippen LogP contribution in [0.2, 0.25) is 0 Å². The van der Waals surface area contributed by atoms with E-state index in [2.05, 4.69) is 12.2 Å². The second-order valence-corrected chi connectivity index (χ2v) is 4.68. The number of amides is 1. The van der Waals surface area contributed by atoms with E-state index in [0.717, 1.165) is 22.8 Å². The van der Waals surface area contributed by atoms with Crippen LogP contribution in [0.3, 0.4) is 0 Å². The zero-order chi connectivity index (χ0) is 11.8. The monoisotopic (exact) mass is 238 g/mol. The summed E-state index contributed by atoms with van der Waals surface area (Å²) in [5.74, 6) is 1.03. The van der Waals surface area contributed by atoms with Gasteiger partial charge in [-0.05, 0) is 30.9 Å². The Morgan fingerprint density at radius 3 is 2.88 bits per heavy atom. The van der Waals surface area contributed by atoms with Gasteiger partial charge in [-0.3, -0.25) is 4.79 Å². The van der Waals surface area contributed by atoms with Crippen molar-refractivity contribution in [1.82, 2.24) is 0 Å². The molecule has 0 radical (unpaired) electrons. The molecule has 4 heteroatoms. The van der Waals surface area contributed by atoms with Crippen molar-refractivity contribution in [2.24, 2.45) is 5.73 Å². The molecule has 0 aliphatic heterocycles. The molecule has 3 nitrogen and oxygen atoms in total. The van der Waals surface area contributed by atoms with Gasteiger partial charge >= 0.3 is 0 Å². The van der Waals surface area contributed by atoms with Gasteiger partial charge < -0.3 is 11.1 Å². The van der Waals surface area contributed by atoms with Crippen LogP contribution >= 0.6 is 11.8 Å².